The molecule has 3 rings (SSSR count). The third-order valence-corrected chi connectivity index (χ3v) is 5.11. The standard InChI is InChI=1S/C17H21Cl2N5O2/c1-10(26-13-5-3-4-12(18)14(13)19)16(25)22-17-21-15(23-24(17)2)11-6-8-20-9-7-11/h3-5,10-11,20H,6-9H2,1-2H3,(H,21,22,23,25). The highest BCUT2D eigenvalue weighted by molar-refractivity contribution is 6.42. The van der Waals surface area contributed by atoms with Gasteiger partial charge in [-0.3, -0.25) is 10.1 Å². The highest BCUT2D eigenvalue weighted by Crippen LogP contribution is 2.32. The normalized spacial score (nSPS) is 16.3. The predicted molar refractivity (Wildman–Crippen MR) is 101 cm³/mol. The van der Waals surface area contributed by atoms with Crippen LogP contribution in [-0.2, 0) is 11.8 Å². The maximum absolute atomic E-state index is 12.4. The summed E-state index contributed by atoms with van der Waals surface area (Å²) in [6.07, 6.45) is 1.21. The first kappa shape index (κ1) is 18.9. The van der Waals surface area contributed by atoms with E-state index in [1.165, 1.54) is 0 Å². The Balaban J connectivity index is 1.65. The van der Waals surface area contributed by atoms with Crippen molar-refractivity contribution < 1.29 is 9.53 Å². The quantitative estimate of drug-likeness (QED) is 0.810. The second-order valence-electron chi connectivity index (χ2n) is 6.24. The summed E-state index contributed by atoms with van der Waals surface area (Å²) in [6.45, 7) is 3.54. The first-order valence-corrected chi connectivity index (χ1v) is 9.24. The Morgan fingerprint density at radius 2 is 2.12 bits per heavy atom. The Kier molecular flexibility index (Phi) is 6.01. The molecule has 0 spiro atoms. The number of aryl methyl sites for hydroxylation is 1. The van der Waals surface area contributed by atoms with Crippen molar-refractivity contribution in [3.05, 3.63) is 34.1 Å². The Hall–Kier alpha value is -1.83. The average molecular weight is 398 g/mol. The number of amides is 1. The van der Waals surface area contributed by atoms with Crippen LogP contribution in [0.2, 0.25) is 10.0 Å². The molecular formula is C17H21Cl2N5O2. The molecule has 1 aromatic carbocycles. The number of piperidine rings is 1. The minimum absolute atomic E-state index is 0.278. The molecule has 1 atom stereocenters. The molecule has 0 saturated carbocycles. The van der Waals surface area contributed by atoms with E-state index < -0.39 is 6.10 Å². The topological polar surface area (TPSA) is 81.1 Å². The summed E-state index contributed by atoms with van der Waals surface area (Å²) in [5, 5.41) is 11.2. The summed E-state index contributed by atoms with van der Waals surface area (Å²) in [5.41, 5.74) is 0. The van der Waals surface area contributed by atoms with E-state index in [-0.39, 0.29) is 10.9 Å². The largest absolute Gasteiger partial charge is 0.479 e. The van der Waals surface area contributed by atoms with Crippen LogP contribution in [0.4, 0.5) is 5.95 Å². The molecule has 1 aliphatic rings. The van der Waals surface area contributed by atoms with Gasteiger partial charge >= 0.3 is 0 Å². The highest BCUT2D eigenvalue weighted by atomic mass is 35.5. The SMILES string of the molecule is CC(Oc1cccc(Cl)c1Cl)C(=O)Nc1nc(C2CCNCC2)nn1C. The van der Waals surface area contributed by atoms with E-state index in [0.717, 1.165) is 31.8 Å². The molecule has 1 saturated heterocycles. The molecule has 1 aliphatic heterocycles. The Morgan fingerprint density at radius 1 is 1.38 bits per heavy atom. The van der Waals surface area contributed by atoms with Crippen LogP contribution in [0.15, 0.2) is 18.2 Å². The van der Waals surface area contributed by atoms with E-state index in [1.807, 2.05) is 0 Å². The van der Waals surface area contributed by atoms with Gasteiger partial charge in [0.25, 0.3) is 5.91 Å². The summed E-state index contributed by atoms with van der Waals surface area (Å²) in [5.74, 6) is 1.49. The fourth-order valence-corrected chi connectivity index (χ4v) is 3.13. The van der Waals surface area contributed by atoms with Gasteiger partial charge in [-0.2, -0.15) is 10.1 Å². The van der Waals surface area contributed by atoms with E-state index in [1.54, 1.807) is 36.9 Å². The summed E-state index contributed by atoms with van der Waals surface area (Å²) in [7, 11) is 1.76. The number of ether oxygens (including phenoxy) is 1. The van der Waals surface area contributed by atoms with E-state index in [0.29, 0.717) is 22.6 Å². The van der Waals surface area contributed by atoms with E-state index >= 15 is 0 Å². The van der Waals surface area contributed by atoms with E-state index in [9.17, 15) is 4.79 Å². The van der Waals surface area contributed by atoms with Gasteiger partial charge in [0.2, 0.25) is 5.95 Å². The van der Waals surface area contributed by atoms with Gasteiger partial charge in [-0.05, 0) is 45.0 Å². The molecule has 26 heavy (non-hydrogen) atoms. The van der Waals surface area contributed by atoms with Crippen LogP contribution in [0.25, 0.3) is 0 Å². The third-order valence-electron chi connectivity index (χ3n) is 4.31. The zero-order valence-electron chi connectivity index (χ0n) is 14.6. The Labute approximate surface area is 162 Å². The van der Waals surface area contributed by atoms with Gasteiger partial charge in [0.1, 0.15) is 10.8 Å². The molecular weight excluding hydrogens is 377 g/mol. The lowest BCUT2D eigenvalue weighted by molar-refractivity contribution is -0.122. The number of hydrogen-bond donors (Lipinski definition) is 2. The molecule has 1 aromatic heterocycles. The lowest BCUT2D eigenvalue weighted by atomic mass is 9.98. The van der Waals surface area contributed by atoms with Crippen LogP contribution >= 0.6 is 23.2 Å². The minimum atomic E-state index is -0.773. The second kappa shape index (κ2) is 8.24. The van der Waals surface area contributed by atoms with Gasteiger partial charge in [0.05, 0.1) is 5.02 Å². The Bertz CT molecular complexity index is 789. The van der Waals surface area contributed by atoms with Gasteiger partial charge in [-0.25, -0.2) is 4.68 Å². The second-order valence-corrected chi connectivity index (χ2v) is 7.03. The van der Waals surface area contributed by atoms with Crippen molar-refractivity contribution in [1.29, 1.82) is 0 Å². The molecule has 2 heterocycles. The first-order valence-electron chi connectivity index (χ1n) is 8.49. The van der Waals surface area contributed by atoms with Crippen molar-refractivity contribution in [2.24, 2.45) is 7.05 Å². The monoisotopic (exact) mass is 397 g/mol. The van der Waals surface area contributed by atoms with Crippen LogP contribution in [0.5, 0.6) is 5.75 Å². The lowest BCUT2D eigenvalue weighted by Crippen LogP contribution is -2.31. The van der Waals surface area contributed by atoms with Crippen molar-refractivity contribution in [2.75, 3.05) is 18.4 Å². The molecule has 2 N–H and O–H groups in total. The zero-order valence-corrected chi connectivity index (χ0v) is 16.1. The number of halogens is 2. The summed E-state index contributed by atoms with van der Waals surface area (Å²) in [6, 6.07) is 5.03. The number of anilines is 1. The number of hydrogen-bond acceptors (Lipinski definition) is 5. The maximum atomic E-state index is 12.4. The fourth-order valence-electron chi connectivity index (χ4n) is 2.80. The van der Waals surface area contributed by atoms with Crippen molar-refractivity contribution in [2.45, 2.75) is 31.8 Å². The number of nitrogens with zero attached hydrogens (tertiary/aromatic N) is 3. The van der Waals surface area contributed by atoms with Crippen molar-refractivity contribution in [1.82, 2.24) is 20.1 Å². The zero-order chi connectivity index (χ0) is 18.7. The predicted octanol–water partition coefficient (Wildman–Crippen LogP) is 2.99. The molecule has 7 nitrogen and oxygen atoms in total. The van der Waals surface area contributed by atoms with Gasteiger partial charge in [-0.15, -0.1) is 0 Å². The fraction of sp³-hybridized carbons (Fsp3) is 0.471. The van der Waals surface area contributed by atoms with Crippen LogP contribution < -0.4 is 15.4 Å². The molecule has 0 radical (unpaired) electrons. The molecule has 140 valence electrons. The molecule has 1 amide bonds. The van der Waals surface area contributed by atoms with Crippen LogP contribution in [0, 0.1) is 0 Å². The number of benzene rings is 1. The van der Waals surface area contributed by atoms with Crippen LogP contribution in [0.3, 0.4) is 0 Å². The van der Waals surface area contributed by atoms with E-state index in [4.69, 9.17) is 27.9 Å². The molecule has 2 aromatic rings. The number of aromatic nitrogens is 3. The molecule has 1 unspecified atom stereocenters. The van der Waals surface area contributed by atoms with Crippen molar-refractivity contribution in [3.8, 4) is 5.75 Å². The Morgan fingerprint density at radius 3 is 2.85 bits per heavy atom. The highest BCUT2D eigenvalue weighted by Gasteiger charge is 2.23. The van der Waals surface area contributed by atoms with Gasteiger partial charge in [0.15, 0.2) is 11.9 Å². The number of rotatable bonds is 5. The third kappa shape index (κ3) is 4.28. The first-order chi connectivity index (χ1) is 12.5. The van der Waals surface area contributed by atoms with Gasteiger partial charge in [-0.1, -0.05) is 29.3 Å². The van der Waals surface area contributed by atoms with Crippen LogP contribution in [-0.4, -0.2) is 39.9 Å². The minimum Gasteiger partial charge on any atom is -0.479 e. The summed E-state index contributed by atoms with van der Waals surface area (Å²) >= 11 is 12.1. The van der Waals surface area contributed by atoms with E-state index in [2.05, 4.69) is 20.7 Å². The van der Waals surface area contributed by atoms with Crippen molar-refractivity contribution in [3.63, 3.8) is 0 Å². The van der Waals surface area contributed by atoms with Crippen molar-refractivity contribution >= 4 is 35.1 Å². The number of nitrogens with one attached hydrogen (secondary N) is 2. The van der Waals surface area contributed by atoms with Gasteiger partial charge in [0, 0.05) is 13.0 Å². The molecule has 0 bridgehead atoms. The molecule has 0 aliphatic carbocycles. The average Bonchev–Trinajstić information content (AvgIpc) is 3.00. The molecule has 9 heteroatoms. The summed E-state index contributed by atoms with van der Waals surface area (Å²) in [4.78, 5) is 16.9. The lowest BCUT2D eigenvalue weighted by Gasteiger charge is -2.19. The summed E-state index contributed by atoms with van der Waals surface area (Å²) < 4.78 is 7.21. The number of carbonyl (C=O) groups is 1. The van der Waals surface area contributed by atoms with Crippen LogP contribution in [0.1, 0.15) is 31.5 Å². The smallest absolute Gasteiger partial charge is 0.267 e. The molecule has 1 fully saturated rings. The maximum Gasteiger partial charge on any atom is 0.267 e. The number of carbonyl (C=O) groups excluding carboxylic acids is 1. The van der Waals surface area contributed by atoms with Gasteiger partial charge < -0.3 is 10.1 Å².